The number of amides is 1. The van der Waals surface area contributed by atoms with Crippen LogP contribution >= 0.6 is 0 Å². The van der Waals surface area contributed by atoms with Crippen LogP contribution in [-0.4, -0.2) is 54.8 Å². The van der Waals surface area contributed by atoms with Crippen LogP contribution in [0.3, 0.4) is 0 Å². The molecular formula is C27H32N4O4. The summed E-state index contributed by atoms with van der Waals surface area (Å²) in [6, 6.07) is 14.9. The minimum atomic E-state index is -1.02. The molecule has 2 heterocycles. The normalized spacial score (nSPS) is 13.8. The number of benzene rings is 2. The zero-order valence-electron chi connectivity index (χ0n) is 20.5. The summed E-state index contributed by atoms with van der Waals surface area (Å²) in [5, 5.41) is 13.3. The molecule has 1 saturated heterocycles. The van der Waals surface area contributed by atoms with Gasteiger partial charge in [-0.05, 0) is 49.2 Å². The number of rotatable bonds is 8. The van der Waals surface area contributed by atoms with E-state index >= 15 is 0 Å². The average molecular weight is 477 g/mol. The molecule has 184 valence electrons. The predicted octanol–water partition coefficient (Wildman–Crippen LogP) is 4.64. The first-order chi connectivity index (χ1) is 16.9. The lowest BCUT2D eigenvalue weighted by Crippen LogP contribution is -2.47. The topological polar surface area (TPSA) is 95.0 Å². The molecule has 8 heteroatoms. The van der Waals surface area contributed by atoms with Gasteiger partial charge >= 0.3 is 5.97 Å². The number of para-hydroxylation sites is 2. The Bertz CT molecular complexity index is 1220. The number of carboxylic acid groups (broad SMARTS) is 1. The van der Waals surface area contributed by atoms with Gasteiger partial charge in [-0.3, -0.25) is 4.79 Å². The van der Waals surface area contributed by atoms with Crippen molar-refractivity contribution in [3.8, 4) is 5.75 Å². The molecule has 1 fully saturated rings. The predicted molar refractivity (Wildman–Crippen MR) is 139 cm³/mol. The van der Waals surface area contributed by atoms with E-state index in [-0.39, 0.29) is 17.4 Å². The van der Waals surface area contributed by atoms with Crippen LogP contribution in [0.4, 0.5) is 17.2 Å². The summed E-state index contributed by atoms with van der Waals surface area (Å²) < 4.78 is 5.79. The number of hydrogen-bond acceptors (Lipinski definition) is 6. The molecule has 2 aromatic carbocycles. The van der Waals surface area contributed by atoms with Crippen molar-refractivity contribution in [3.05, 3.63) is 54.1 Å². The van der Waals surface area contributed by atoms with Crippen molar-refractivity contribution in [1.82, 2.24) is 4.98 Å². The number of pyridine rings is 1. The molecule has 3 aromatic rings. The molecule has 1 amide bonds. The van der Waals surface area contributed by atoms with Crippen LogP contribution < -0.4 is 19.9 Å². The second-order valence-corrected chi connectivity index (χ2v) is 9.09. The van der Waals surface area contributed by atoms with Gasteiger partial charge in [-0.25, -0.2) is 9.78 Å². The summed E-state index contributed by atoms with van der Waals surface area (Å²) in [6.07, 6.45) is 0.405. The lowest BCUT2D eigenvalue weighted by molar-refractivity contribution is -0.116. The Kier molecular flexibility index (Phi) is 7.39. The molecule has 8 nitrogen and oxygen atoms in total. The highest BCUT2D eigenvalue weighted by molar-refractivity contribution is 6.05. The van der Waals surface area contributed by atoms with Crippen LogP contribution in [-0.2, 0) is 4.79 Å². The summed E-state index contributed by atoms with van der Waals surface area (Å²) in [6.45, 7) is 9.50. The second-order valence-electron chi connectivity index (χ2n) is 9.09. The first-order valence-electron chi connectivity index (χ1n) is 12.1. The number of aromatic carboxylic acids is 1. The van der Waals surface area contributed by atoms with E-state index in [1.165, 1.54) is 0 Å². The first-order valence-corrected chi connectivity index (χ1v) is 12.1. The van der Waals surface area contributed by atoms with Gasteiger partial charge in [0.25, 0.3) is 0 Å². The highest BCUT2D eigenvalue weighted by Crippen LogP contribution is 2.31. The van der Waals surface area contributed by atoms with Crippen molar-refractivity contribution in [3.63, 3.8) is 0 Å². The number of aromatic nitrogens is 1. The molecule has 35 heavy (non-hydrogen) atoms. The quantitative estimate of drug-likeness (QED) is 0.489. The molecule has 2 N–H and O–H groups in total. The second kappa shape index (κ2) is 10.6. The maximum Gasteiger partial charge on any atom is 0.336 e. The number of nitrogens with zero attached hydrogens (tertiary/aromatic N) is 3. The molecule has 0 spiro atoms. The minimum Gasteiger partial charge on any atom is -0.492 e. The third kappa shape index (κ3) is 5.65. The number of carboxylic acids is 1. The Morgan fingerprint density at radius 2 is 1.77 bits per heavy atom. The maximum atomic E-state index is 12.2. The van der Waals surface area contributed by atoms with Crippen LogP contribution in [0.25, 0.3) is 10.9 Å². The number of piperazine rings is 1. The number of ether oxygens (including phenoxy) is 1. The summed E-state index contributed by atoms with van der Waals surface area (Å²) in [5.74, 6) is 0.640. The summed E-state index contributed by atoms with van der Waals surface area (Å²) in [5.41, 5.74) is 2.40. The highest BCUT2D eigenvalue weighted by atomic mass is 16.5. The molecule has 1 aliphatic heterocycles. The van der Waals surface area contributed by atoms with Crippen molar-refractivity contribution >= 4 is 40.0 Å². The van der Waals surface area contributed by atoms with E-state index in [0.717, 1.165) is 24.5 Å². The molecule has 4 rings (SSSR count). The molecular weight excluding hydrogens is 444 g/mol. The number of anilines is 3. The molecule has 0 aliphatic carbocycles. The van der Waals surface area contributed by atoms with Gasteiger partial charge in [-0.15, -0.1) is 0 Å². The smallest absolute Gasteiger partial charge is 0.336 e. The van der Waals surface area contributed by atoms with Gasteiger partial charge in [0.2, 0.25) is 5.91 Å². The van der Waals surface area contributed by atoms with Gasteiger partial charge in [-0.1, -0.05) is 26.0 Å². The van der Waals surface area contributed by atoms with Gasteiger partial charge in [0.1, 0.15) is 11.6 Å². The zero-order chi connectivity index (χ0) is 24.9. The van der Waals surface area contributed by atoms with Crippen molar-refractivity contribution in [2.45, 2.75) is 27.2 Å². The average Bonchev–Trinajstić information content (AvgIpc) is 2.83. The lowest BCUT2D eigenvalue weighted by atomic mass is 10.1. The Morgan fingerprint density at radius 3 is 2.46 bits per heavy atom. The fourth-order valence-electron chi connectivity index (χ4n) is 4.38. The molecule has 0 atom stereocenters. The van der Waals surface area contributed by atoms with Gasteiger partial charge < -0.3 is 25.0 Å². The molecule has 0 radical (unpaired) electrons. The SMILES string of the molecule is CCOc1ccccc1N1CCN(c2cc(C(=O)O)c3cc(NC(=O)CC(C)C)ccc3n2)CC1. The van der Waals surface area contributed by atoms with Crippen LogP contribution in [0.2, 0.25) is 0 Å². The van der Waals surface area contributed by atoms with Gasteiger partial charge in [0.05, 0.1) is 23.4 Å². The summed E-state index contributed by atoms with van der Waals surface area (Å²) >= 11 is 0. The van der Waals surface area contributed by atoms with Crippen LogP contribution in [0.15, 0.2) is 48.5 Å². The number of nitrogens with one attached hydrogen (secondary N) is 1. The minimum absolute atomic E-state index is 0.0930. The first kappa shape index (κ1) is 24.3. The molecule has 1 aromatic heterocycles. The monoisotopic (exact) mass is 476 g/mol. The maximum absolute atomic E-state index is 12.2. The standard InChI is InChI=1S/C27H32N4O4/c1-4-35-24-8-6-5-7-23(24)30-11-13-31(14-12-30)25-17-21(27(33)34)20-16-19(9-10-22(20)29-25)28-26(32)15-18(2)3/h5-10,16-18H,4,11-15H2,1-3H3,(H,28,32)(H,33,34). The molecule has 0 bridgehead atoms. The van der Waals surface area contributed by atoms with Gasteiger partial charge in [0.15, 0.2) is 0 Å². The zero-order valence-corrected chi connectivity index (χ0v) is 20.5. The van der Waals surface area contributed by atoms with Crippen LogP contribution in [0.1, 0.15) is 37.6 Å². The van der Waals surface area contributed by atoms with E-state index in [1.54, 1.807) is 24.3 Å². The van der Waals surface area contributed by atoms with Crippen LogP contribution in [0.5, 0.6) is 5.75 Å². The molecule has 0 saturated carbocycles. The summed E-state index contributed by atoms with van der Waals surface area (Å²) in [7, 11) is 0. The fourth-order valence-corrected chi connectivity index (χ4v) is 4.38. The molecule has 1 aliphatic rings. The van der Waals surface area contributed by atoms with Crippen molar-refractivity contribution in [2.24, 2.45) is 5.92 Å². The van der Waals surface area contributed by atoms with Crippen molar-refractivity contribution in [2.75, 3.05) is 47.9 Å². The van der Waals surface area contributed by atoms with Crippen molar-refractivity contribution in [1.29, 1.82) is 0 Å². The summed E-state index contributed by atoms with van der Waals surface area (Å²) in [4.78, 5) is 33.4. The number of hydrogen-bond donors (Lipinski definition) is 2. The Morgan fingerprint density at radius 1 is 1.06 bits per heavy atom. The van der Waals surface area contributed by atoms with E-state index in [2.05, 4.69) is 21.2 Å². The van der Waals surface area contributed by atoms with E-state index < -0.39 is 5.97 Å². The lowest BCUT2D eigenvalue weighted by Gasteiger charge is -2.37. The van der Waals surface area contributed by atoms with E-state index in [4.69, 9.17) is 9.72 Å². The number of carbonyl (C=O) groups excluding carboxylic acids is 1. The Hall–Kier alpha value is -3.81. The highest BCUT2D eigenvalue weighted by Gasteiger charge is 2.23. The largest absolute Gasteiger partial charge is 0.492 e. The van der Waals surface area contributed by atoms with Gasteiger partial charge in [0, 0.05) is 43.7 Å². The molecule has 0 unspecified atom stereocenters. The van der Waals surface area contributed by atoms with E-state index in [9.17, 15) is 14.7 Å². The van der Waals surface area contributed by atoms with E-state index in [1.807, 2.05) is 39.0 Å². The number of fused-ring (bicyclic) bond motifs is 1. The Labute approximate surface area is 205 Å². The third-order valence-electron chi connectivity index (χ3n) is 6.01. The van der Waals surface area contributed by atoms with Crippen LogP contribution in [0, 0.1) is 5.92 Å². The fraction of sp³-hybridized carbons (Fsp3) is 0.370. The third-order valence-corrected chi connectivity index (χ3v) is 6.01. The Balaban J connectivity index is 1.55. The van der Waals surface area contributed by atoms with Crippen molar-refractivity contribution < 1.29 is 19.4 Å². The van der Waals surface area contributed by atoms with E-state index in [0.29, 0.717) is 48.5 Å². The van der Waals surface area contributed by atoms with Gasteiger partial charge in [-0.2, -0.15) is 0 Å². The number of carbonyl (C=O) groups is 2.